The van der Waals surface area contributed by atoms with Crippen molar-refractivity contribution in [1.29, 1.82) is 0 Å². The third-order valence-electron chi connectivity index (χ3n) is 4.07. The van der Waals surface area contributed by atoms with Gasteiger partial charge in [-0.1, -0.05) is 22.0 Å². The lowest BCUT2D eigenvalue weighted by Crippen LogP contribution is -2.46. The van der Waals surface area contributed by atoms with E-state index >= 15 is 0 Å². The van der Waals surface area contributed by atoms with Crippen LogP contribution < -0.4 is 10.6 Å². The van der Waals surface area contributed by atoms with Gasteiger partial charge in [0, 0.05) is 54.8 Å². The van der Waals surface area contributed by atoms with Crippen molar-refractivity contribution in [3.8, 4) is 0 Å². The number of fused-ring (bicyclic) bond motifs is 1. The molecule has 1 aliphatic rings. The van der Waals surface area contributed by atoms with Crippen molar-refractivity contribution in [2.75, 3.05) is 39.3 Å². The van der Waals surface area contributed by atoms with Gasteiger partial charge >= 0.3 is 0 Å². The lowest BCUT2D eigenvalue weighted by molar-refractivity contribution is 0.0949. The van der Waals surface area contributed by atoms with E-state index in [4.69, 9.17) is 0 Å². The Labute approximate surface area is 168 Å². The number of aryl methyl sites for hydroxylation is 1. The number of nitrogens with one attached hydrogen (secondary N) is 2. The average molecular weight is 450 g/mol. The van der Waals surface area contributed by atoms with Crippen LogP contribution >= 0.6 is 40.7 Å². The smallest absolute Gasteiger partial charge is 0.252 e. The summed E-state index contributed by atoms with van der Waals surface area (Å²) in [5.41, 5.74) is 2.38. The molecule has 0 saturated carbocycles. The number of nitrogens with zero attached hydrogens (tertiary/aromatic N) is 2. The molecule has 2 aromatic rings. The Bertz CT molecular complexity index is 718. The first-order chi connectivity index (χ1) is 11.1. The molecule has 0 bridgehead atoms. The van der Waals surface area contributed by atoms with Crippen LogP contribution in [0.25, 0.3) is 10.9 Å². The number of pyridine rings is 1. The fraction of sp³-hybridized carbons (Fsp3) is 0.412. The second-order valence-electron chi connectivity index (χ2n) is 5.82. The van der Waals surface area contributed by atoms with Gasteiger partial charge in [-0.25, -0.2) is 0 Å². The molecule has 138 valence electrons. The van der Waals surface area contributed by atoms with Crippen molar-refractivity contribution in [2.45, 2.75) is 6.92 Å². The minimum atomic E-state index is -0.0297. The van der Waals surface area contributed by atoms with E-state index in [-0.39, 0.29) is 30.7 Å². The Morgan fingerprint density at radius 1 is 1.28 bits per heavy atom. The number of rotatable bonds is 4. The van der Waals surface area contributed by atoms with Crippen LogP contribution in [0.1, 0.15) is 16.1 Å². The molecule has 0 radical (unpaired) electrons. The second-order valence-corrected chi connectivity index (χ2v) is 6.74. The summed E-state index contributed by atoms with van der Waals surface area (Å²) in [4.78, 5) is 19.4. The third-order valence-corrected chi connectivity index (χ3v) is 4.56. The number of amides is 1. The van der Waals surface area contributed by atoms with E-state index in [1.54, 1.807) is 0 Å². The summed E-state index contributed by atoms with van der Waals surface area (Å²) in [6.45, 7) is 7.60. The Morgan fingerprint density at radius 2 is 2.00 bits per heavy atom. The number of hydrogen-bond acceptors (Lipinski definition) is 4. The van der Waals surface area contributed by atoms with Crippen LogP contribution in [0.2, 0.25) is 0 Å². The second kappa shape index (κ2) is 10.3. The fourth-order valence-corrected chi connectivity index (χ4v) is 3.23. The molecular weight excluding hydrogens is 427 g/mol. The molecule has 8 heteroatoms. The number of carbonyl (C=O) groups is 1. The average Bonchev–Trinajstić information content (AvgIpc) is 2.54. The molecule has 1 aromatic carbocycles. The van der Waals surface area contributed by atoms with Gasteiger partial charge in [-0.2, -0.15) is 0 Å². The van der Waals surface area contributed by atoms with Crippen molar-refractivity contribution < 1.29 is 4.79 Å². The molecule has 0 atom stereocenters. The molecule has 5 nitrogen and oxygen atoms in total. The number of aromatic nitrogens is 1. The van der Waals surface area contributed by atoms with E-state index in [1.165, 1.54) is 0 Å². The molecule has 1 amide bonds. The predicted octanol–water partition coefficient (Wildman–Crippen LogP) is 2.78. The van der Waals surface area contributed by atoms with Crippen LogP contribution in [-0.4, -0.2) is 55.1 Å². The lowest BCUT2D eigenvalue weighted by Gasteiger charge is -2.27. The largest absolute Gasteiger partial charge is 0.351 e. The summed E-state index contributed by atoms with van der Waals surface area (Å²) in [6.07, 6.45) is 0. The number of benzene rings is 1. The van der Waals surface area contributed by atoms with Crippen LogP contribution in [0, 0.1) is 6.92 Å². The zero-order valence-electron chi connectivity index (χ0n) is 14.0. The summed E-state index contributed by atoms with van der Waals surface area (Å²) in [6, 6.07) is 7.68. The quantitative estimate of drug-likeness (QED) is 0.753. The van der Waals surface area contributed by atoms with E-state index in [9.17, 15) is 4.79 Å². The molecule has 1 aliphatic heterocycles. The molecule has 2 heterocycles. The first kappa shape index (κ1) is 22.1. The number of piperazine rings is 1. The van der Waals surface area contributed by atoms with Gasteiger partial charge in [-0.3, -0.25) is 14.7 Å². The van der Waals surface area contributed by atoms with Crippen molar-refractivity contribution in [3.05, 3.63) is 40.0 Å². The molecule has 25 heavy (non-hydrogen) atoms. The van der Waals surface area contributed by atoms with Gasteiger partial charge in [0.1, 0.15) is 0 Å². The molecule has 1 fully saturated rings. The van der Waals surface area contributed by atoms with Crippen LogP contribution in [0.4, 0.5) is 0 Å². The van der Waals surface area contributed by atoms with Crippen LogP contribution in [0.15, 0.2) is 28.7 Å². The predicted molar refractivity (Wildman–Crippen MR) is 110 cm³/mol. The highest BCUT2D eigenvalue weighted by atomic mass is 79.9. The lowest BCUT2D eigenvalue weighted by atomic mass is 10.1. The van der Waals surface area contributed by atoms with E-state index in [1.807, 2.05) is 31.2 Å². The molecule has 0 aliphatic carbocycles. The number of carbonyl (C=O) groups excluding carboxylic acids is 1. The molecular formula is C17H23BrCl2N4O. The van der Waals surface area contributed by atoms with Crippen molar-refractivity contribution >= 4 is 57.6 Å². The van der Waals surface area contributed by atoms with Gasteiger partial charge in [0.15, 0.2) is 0 Å². The molecule has 0 unspecified atom stereocenters. The van der Waals surface area contributed by atoms with Gasteiger partial charge in [0.2, 0.25) is 0 Å². The maximum absolute atomic E-state index is 12.6. The molecule has 1 aromatic heterocycles. The first-order valence-corrected chi connectivity index (χ1v) is 8.71. The first-order valence-electron chi connectivity index (χ1n) is 7.92. The highest BCUT2D eigenvalue weighted by Gasteiger charge is 2.13. The van der Waals surface area contributed by atoms with E-state index in [2.05, 4.69) is 36.4 Å². The maximum atomic E-state index is 12.6. The summed E-state index contributed by atoms with van der Waals surface area (Å²) < 4.78 is 0.966. The Hall–Kier alpha value is -0.920. The Kier molecular flexibility index (Phi) is 9.10. The van der Waals surface area contributed by atoms with Crippen molar-refractivity contribution in [1.82, 2.24) is 20.5 Å². The van der Waals surface area contributed by atoms with Crippen LogP contribution in [-0.2, 0) is 0 Å². The SMILES string of the molecule is Cc1cc(C(=O)NCCN2CCNCC2)c2ccc(Br)cc2n1.Cl.Cl. The summed E-state index contributed by atoms with van der Waals surface area (Å²) >= 11 is 3.45. The third kappa shape index (κ3) is 5.79. The minimum absolute atomic E-state index is 0. The van der Waals surface area contributed by atoms with Gasteiger partial charge in [-0.05, 0) is 25.1 Å². The summed E-state index contributed by atoms with van der Waals surface area (Å²) in [5.74, 6) is -0.0297. The zero-order chi connectivity index (χ0) is 16.2. The molecule has 1 saturated heterocycles. The van der Waals surface area contributed by atoms with Crippen molar-refractivity contribution in [2.24, 2.45) is 0 Å². The van der Waals surface area contributed by atoms with Crippen LogP contribution in [0.3, 0.4) is 0 Å². The number of halogens is 3. The van der Waals surface area contributed by atoms with E-state index in [0.717, 1.165) is 53.8 Å². The Balaban J connectivity index is 0.00000156. The molecule has 3 rings (SSSR count). The monoisotopic (exact) mass is 448 g/mol. The summed E-state index contributed by atoms with van der Waals surface area (Å²) in [7, 11) is 0. The highest BCUT2D eigenvalue weighted by Crippen LogP contribution is 2.22. The fourth-order valence-electron chi connectivity index (χ4n) is 2.88. The number of hydrogen-bond donors (Lipinski definition) is 2. The van der Waals surface area contributed by atoms with Gasteiger partial charge in [0.05, 0.1) is 11.1 Å². The van der Waals surface area contributed by atoms with Gasteiger partial charge < -0.3 is 10.6 Å². The van der Waals surface area contributed by atoms with E-state index < -0.39 is 0 Å². The standard InChI is InChI=1S/C17H21BrN4O.2ClH/c1-12-10-15(14-3-2-13(18)11-16(14)21-12)17(23)20-6-9-22-7-4-19-5-8-22;;/h2-3,10-11,19H,4-9H2,1H3,(H,20,23);2*1H. The normalized spacial score (nSPS) is 14.5. The molecule has 2 N–H and O–H groups in total. The van der Waals surface area contributed by atoms with Gasteiger partial charge in [-0.15, -0.1) is 24.8 Å². The zero-order valence-corrected chi connectivity index (χ0v) is 17.3. The maximum Gasteiger partial charge on any atom is 0.252 e. The van der Waals surface area contributed by atoms with Crippen LogP contribution in [0.5, 0.6) is 0 Å². The topological polar surface area (TPSA) is 57.3 Å². The van der Waals surface area contributed by atoms with E-state index in [0.29, 0.717) is 12.1 Å². The Morgan fingerprint density at radius 3 is 2.72 bits per heavy atom. The van der Waals surface area contributed by atoms with Gasteiger partial charge in [0.25, 0.3) is 5.91 Å². The summed E-state index contributed by atoms with van der Waals surface area (Å²) in [5, 5.41) is 7.26. The molecule has 0 spiro atoms. The van der Waals surface area contributed by atoms with Crippen molar-refractivity contribution in [3.63, 3.8) is 0 Å². The highest BCUT2D eigenvalue weighted by molar-refractivity contribution is 9.10. The minimum Gasteiger partial charge on any atom is -0.351 e.